The third kappa shape index (κ3) is 3.29. The van der Waals surface area contributed by atoms with Crippen molar-refractivity contribution in [2.45, 2.75) is 31.6 Å². The number of carbonyl (C=O) groups excluding carboxylic acids is 2. The van der Waals surface area contributed by atoms with Gasteiger partial charge >= 0.3 is 0 Å². The van der Waals surface area contributed by atoms with Crippen molar-refractivity contribution < 1.29 is 9.59 Å². The Bertz CT molecular complexity index is 688. The summed E-state index contributed by atoms with van der Waals surface area (Å²) in [7, 11) is 0. The van der Waals surface area contributed by atoms with E-state index in [2.05, 4.69) is 10.6 Å². The molecule has 0 aliphatic heterocycles. The topological polar surface area (TPSA) is 58.2 Å². The summed E-state index contributed by atoms with van der Waals surface area (Å²) in [4.78, 5) is 25.0. The van der Waals surface area contributed by atoms with Crippen molar-refractivity contribution in [1.82, 2.24) is 5.32 Å². The third-order valence-corrected chi connectivity index (χ3v) is 5.03. The van der Waals surface area contributed by atoms with E-state index in [1.54, 1.807) is 6.07 Å². The van der Waals surface area contributed by atoms with Gasteiger partial charge in [0.1, 0.15) is 0 Å². The molecule has 0 saturated heterocycles. The Morgan fingerprint density at radius 1 is 1.17 bits per heavy atom. The average molecular weight is 328 g/mol. The summed E-state index contributed by atoms with van der Waals surface area (Å²) in [5.41, 5.74) is 1.42. The zero-order chi connectivity index (χ0) is 16.3. The van der Waals surface area contributed by atoms with Crippen LogP contribution in [0.5, 0.6) is 0 Å². The maximum absolute atomic E-state index is 12.3. The van der Waals surface area contributed by atoms with E-state index >= 15 is 0 Å². The molecule has 1 saturated carbocycles. The molecular formula is C18H20N2O2S. The second kappa shape index (κ2) is 6.54. The highest BCUT2D eigenvalue weighted by Crippen LogP contribution is 2.48. The zero-order valence-electron chi connectivity index (χ0n) is 13.1. The smallest absolute Gasteiger partial charge is 0.265 e. The molecule has 1 aromatic heterocycles. The van der Waals surface area contributed by atoms with Crippen LogP contribution in [0.15, 0.2) is 41.8 Å². The minimum absolute atomic E-state index is 0.102. The number of anilines is 1. The summed E-state index contributed by atoms with van der Waals surface area (Å²) in [6, 6.07) is 11.3. The van der Waals surface area contributed by atoms with E-state index < -0.39 is 0 Å². The fraction of sp³-hybridized carbons (Fsp3) is 0.333. The lowest BCUT2D eigenvalue weighted by Crippen LogP contribution is -2.35. The first-order valence-corrected chi connectivity index (χ1v) is 8.77. The van der Waals surface area contributed by atoms with Crippen LogP contribution in [-0.2, 0) is 10.2 Å². The lowest BCUT2D eigenvalue weighted by molar-refractivity contribution is -0.123. The number of benzene rings is 1. The third-order valence-electron chi connectivity index (χ3n) is 4.16. The first-order chi connectivity index (χ1) is 11.2. The Morgan fingerprint density at radius 2 is 1.91 bits per heavy atom. The summed E-state index contributed by atoms with van der Waals surface area (Å²) in [5, 5.41) is 7.75. The number of nitrogens with one attached hydrogen (secondary N) is 2. The van der Waals surface area contributed by atoms with Gasteiger partial charge in [0.2, 0.25) is 5.91 Å². The van der Waals surface area contributed by atoms with Crippen LogP contribution in [0.1, 0.15) is 41.4 Å². The number of carbonyl (C=O) groups is 2. The first kappa shape index (κ1) is 15.7. The van der Waals surface area contributed by atoms with Crippen LogP contribution >= 0.6 is 11.3 Å². The molecule has 2 N–H and O–H groups in total. The Morgan fingerprint density at radius 3 is 2.48 bits per heavy atom. The fourth-order valence-corrected chi connectivity index (χ4v) is 3.27. The van der Waals surface area contributed by atoms with Gasteiger partial charge in [0.05, 0.1) is 10.3 Å². The van der Waals surface area contributed by atoms with Crippen molar-refractivity contribution in [3.05, 3.63) is 52.2 Å². The van der Waals surface area contributed by atoms with Crippen molar-refractivity contribution in [2.24, 2.45) is 0 Å². The molecule has 0 unspecified atom stereocenters. The number of thiophene rings is 1. The molecule has 120 valence electrons. The fourth-order valence-electron chi connectivity index (χ4n) is 2.65. The van der Waals surface area contributed by atoms with E-state index in [1.165, 1.54) is 11.3 Å². The molecular weight excluding hydrogens is 308 g/mol. The highest BCUT2D eigenvalue weighted by molar-refractivity contribution is 7.12. The number of amides is 2. The van der Waals surface area contributed by atoms with Gasteiger partial charge in [-0.25, -0.2) is 0 Å². The maximum atomic E-state index is 12.3. The molecule has 1 aliphatic carbocycles. The lowest BCUT2D eigenvalue weighted by Gasteiger charge is -2.16. The summed E-state index contributed by atoms with van der Waals surface area (Å²) in [5.74, 6) is 0.0179. The molecule has 1 heterocycles. The van der Waals surface area contributed by atoms with Crippen LogP contribution in [0.2, 0.25) is 0 Å². The summed E-state index contributed by atoms with van der Waals surface area (Å²) >= 11 is 1.41. The quantitative estimate of drug-likeness (QED) is 0.852. The molecule has 2 amide bonds. The van der Waals surface area contributed by atoms with Crippen LogP contribution in [0.4, 0.5) is 5.69 Å². The van der Waals surface area contributed by atoms with Crippen molar-refractivity contribution in [2.75, 3.05) is 11.9 Å². The van der Waals surface area contributed by atoms with E-state index in [0.29, 0.717) is 4.88 Å². The molecule has 0 bridgehead atoms. The van der Waals surface area contributed by atoms with Gasteiger partial charge in [0.25, 0.3) is 5.91 Å². The molecule has 3 rings (SSSR count). The monoisotopic (exact) mass is 328 g/mol. The van der Waals surface area contributed by atoms with Crippen LogP contribution in [-0.4, -0.2) is 18.4 Å². The van der Waals surface area contributed by atoms with Crippen molar-refractivity contribution in [3.8, 4) is 0 Å². The molecule has 4 nitrogen and oxygen atoms in total. The average Bonchev–Trinajstić information content (AvgIpc) is 3.19. The summed E-state index contributed by atoms with van der Waals surface area (Å²) < 4.78 is 0. The lowest BCUT2D eigenvalue weighted by atomic mass is 9.94. The Hall–Kier alpha value is -2.14. The van der Waals surface area contributed by atoms with Crippen molar-refractivity contribution in [3.63, 3.8) is 0 Å². The summed E-state index contributed by atoms with van der Waals surface area (Å²) in [6.45, 7) is 2.76. The van der Waals surface area contributed by atoms with Crippen LogP contribution in [0.25, 0.3) is 0 Å². The minimum Gasteiger partial charge on any atom is -0.355 e. The second-order valence-electron chi connectivity index (χ2n) is 5.85. The normalized spacial score (nSPS) is 15.0. The molecule has 0 spiro atoms. The van der Waals surface area contributed by atoms with E-state index in [4.69, 9.17) is 0 Å². The predicted molar refractivity (Wildman–Crippen MR) is 92.9 cm³/mol. The molecule has 0 atom stereocenters. The molecule has 2 aromatic rings. The van der Waals surface area contributed by atoms with E-state index in [0.717, 1.165) is 37.1 Å². The van der Waals surface area contributed by atoms with E-state index in [9.17, 15) is 9.59 Å². The van der Waals surface area contributed by atoms with Gasteiger partial charge in [-0.3, -0.25) is 9.59 Å². The minimum atomic E-state index is -0.356. The molecule has 1 aliphatic rings. The van der Waals surface area contributed by atoms with Gasteiger partial charge in [-0.2, -0.15) is 0 Å². The van der Waals surface area contributed by atoms with Crippen molar-refractivity contribution in [1.29, 1.82) is 0 Å². The number of hydrogen-bond acceptors (Lipinski definition) is 3. The van der Waals surface area contributed by atoms with E-state index in [1.807, 2.05) is 42.6 Å². The SMILES string of the molecule is CCCNC(=O)C1(c2ccc(NC(=O)c3cccs3)cc2)CC1. The second-order valence-corrected chi connectivity index (χ2v) is 6.79. The van der Waals surface area contributed by atoms with Gasteiger partial charge < -0.3 is 10.6 Å². The van der Waals surface area contributed by atoms with Gasteiger partial charge in [-0.1, -0.05) is 25.1 Å². The van der Waals surface area contributed by atoms with Gasteiger partial charge in [0.15, 0.2) is 0 Å². The van der Waals surface area contributed by atoms with Crippen LogP contribution in [0, 0.1) is 0 Å². The molecule has 0 radical (unpaired) electrons. The molecule has 5 heteroatoms. The van der Waals surface area contributed by atoms with Gasteiger partial charge in [-0.15, -0.1) is 11.3 Å². The van der Waals surface area contributed by atoms with Gasteiger partial charge in [0, 0.05) is 12.2 Å². The Balaban J connectivity index is 1.68. The molecule has 23 heavy (non-hydrogen) atoms. The first-order valence-electron chi connectivity index (χ1n) is 7.89. The van der Waals surface area contributed by atoms with Gasteiger partial charge in [-0.05, 0) is 48.4 Å². The number of hydrogen-bond donors (Lipinski definition) is 2. The van der Waals surface area contributed by atoms with Crippen LogP contribution in [0.3, 0.4) is 0 Å². The van der Waals surface area contributed by atoms with E-state index in [-0.39, 0.29) is 17.2 Å². The predicted octanol–water partition coefficient (Wildman–Crippen LogP) is 3.56. The molecule has 1 fully saturated rings. The highest BCUT2D eigenvalue weighted by Gasteiger charge is 2.50. The highest BCUT2D eigenvalue weighted by atomic mass is 32.1. The number of rotatable bonds is 6. The molecule has 1 aromatic carbocycles. The van der Waals surface area contributed by atoms with Crippen molar-refractivity contribution >= 4 is 28.8 Å². The standard InChI is InChI=1S/C18H20N2O2S/c1-2-11-19-17(22)18(9-10-18)13-5-7-14(8-6-13)20-16(21)15-4-3-12-23-15/h3-8,12H,2,9-11H2,1H3,(H,19,22)(H,20,21). The Labute approximate surface area is 139 Å². The maximum Gasteiger partial charge on any atom is 0.265 e. The largest absolute Gasteiger partial charge is 0.355 e. The zero-order valence-corrected chi connectivity index (χ0v) is 13.9. The summed E-state index contributed by atoms with van der Waals surface area (Å²) in [6.07, 6.45) is 2.72. The van der Waals surface area contributed by atoms with Crippen LogP contribution < -0.4 is 10.6 Å². The Kier molecular flexibility index (Phi) is 4.48.